The molecule has 0 aliphatic heterocycles. The molecule has 0 aliphatic rings. The van der Waals surface area contributed by atoms with Crippen molar-refractivity contribution in [2.45, 2.75) is 20.4 Å². The van der Waals surface area contributed by atoms with Crippen LogP contribution in [0.5, 0.6) is 0 Å². The molecule has 1 amide bonds. The number of benzene rings is 3. The van der Waals surface area contributed by atoms with E-state index in [9.17, 15) is 4.79 Å². The predicted molar refractivity (Wildman–Crippen MR) is 112 cm³/mol. The molecular weight excluding hydrogens is 346 g/mol. The fourth-order valence-electron chi connectivity index (χ4n) is 3.12. The third kappa shape index (κ3) is 3.62. The highest BCUT2D eigenvalue weighted by Gasteiger charge is 2.16. The molecular formula is C24H21N3O. The van der Waals surface area contributed by atoms with Gasteiger partial charge in [-0.15, -0.1) is 0 Å². The topological polar surface area (TPSA) is 54.9 Å². The summed E-state index contributed by atoms with van der Waals surface area (Å²) in [4.78, 5) is 22.3. The Balaban J connectivity index is 1.73. The van der Waals surface area contributed by atoms with Crippen LogP contribution in [0.25, 0.3) is 22.3 Å². The number of nitrogens with zero attached hydrogens (tertiary/aromatic N) is 2. The SMILES string of the molecule is Cc1ccc(-c2nc(C(=O)NCc3ccccc3)c3ccccc3n2)cc1C. The highest BCUT2D eigenvalue weighted by molar-refractivity contribution is 6.04. The first-order valence-corrected chi connectivity index (χ1v) is 9.28. The molecule has 0 atom stereocenters. The van der Waals surface area contributed by atoms with E-state index < -0.39 is 0 Å². The molecule has 4 nitrogen and oxygen atoms in total. The van der Waals surface area contributed by atoms with Crippen molar-refractivity contribution in [1.29, 1.82) is 0 Å². The van der Waals surface area contributed by atoms with Crippen molar-refractivity contribution in [2.75, 3.05) is 0 Å². The second-order valence-electron chi connectivity index (χ2n) is 6.88. The van der Waals surface area contributed by atoms with Crippen molar-refractivity contribution in [3.63, 3.8) is 0 Å². The molecule has 1 heterocycles. The first-order valence-electron chi connectivity index (χ1n) is 9.28. The summed E-state index contributed by atoms with van der Waals surface area (Å²) in [7, 11) is 0. The molecule has 0 bridgehead atoms. The second-order valence-corrected chi connectivity index (χ2v) is 6.88. The van der Waals surface area contributed by atoms with Crippen LogP contribution in [-0.2, 0) is 6.54 Å². The fraction of sp³-hybridized carbons (Fsp3) is 0.125. The molecule has 0 saturated carbocycles. The molecule has 1 aromatic heterocycles. The average Bonchev–Trinajstić information content (AvgIpc) is 2.74. The van der Waals surface area contributed by atoms with E-state index in [1.807, 2.05) is 60.7 Å². The molecule has 0 unspecified atom stereocenters. The largest absolute Gasteiger partial charge is 0.347 e. The maximum absolute atomic E-state index is 12.9. The lowest BCUT2D eigenvalue weighted by atomic mass is 10.1. The van der Waals surface area contributed by atoms with E-state index in [2.05, 4.69) is 41.3 Å². The van der Waals surface area contributed by atoms with Gasteiger partial charge in [0, 0.05) is 17.5 Å². The lowest BCUT2D eigenvalue weighted by Crippen LogP contribution is -2.24. The number of aryl methyl sites for hydroxylation is 2. The molecule has 28 heavy (non-hydrogen) atoms. The van der Waals surface area contributed by atoms with Gasteiger partial charge in [-0.05, 0) is 42.7 Å². The molecule has 0 aliphatic carbocycles. The van der Waals surface area contributed by atoms with Crippen LogP contribution < -0.4 is 5.32 Å². The summed E-state index contributed by atoms with van der Waals surface area (Å²) in [6.45, 7) is 4.59. The van der Waals surface area contributed by atoms with Crippen molar-refractivity contribution >= 4 is 16.8 Å². The van der Waals surface area contributed by atoms with Crippen molar-refractivity contribution in [3.05, 3.63) is 95.2 Å². The van der Waals surface area contributed by atoms with Crippen LogP contribution in [0.2, 0.25) is 0 Å². The number of para-hydroxylation sites is 1. The first kappa shape index (κ1) is 17.9. The minimum Gasteiger partial charge on any atom is -0.347 e. The van der Waals surface area contributed by atoms with Crippen LogP contribution in [0.4, 0.5) is 0 Å². The third-order valence-corrected chi connectivity index (χ3v) is 4.88. The average molecular weight is 367 g/mol. The Labute approximate surface area is 164 Å². The van der Waals surface area contributed by atoms with Gasteiger partial charge in [-0.25, -0.2) is 9.97 Å². The quantitative estimate of drug-likeness (QED) is 0.561. The van der Waals surface area contributed by atoms with Gasteiger partial charge >= 0.3 is 0 Å². The summed E-state index contributed by atoms with van der Waals surface area (Å²) in [5.41, 5.74) is 5.50. The van der Waals surface area contributed by atoms with E-state index in [1.165, 1.54) is 11.1 Å². The Morgan fingerprint density at radius 1 is 0.857 bits per heavy atom. The van der Waals surface area contributed by atoms with Crippen molar-refractivity contribution < 1.29 is 4.79 Å². The standard InChI is InChI=1S/C24H21N3O/c1-16-12-13-19(14-17(16)2)23-26-21-11-7-6-10-20(21)22(27-23)24(28)25-15-18-8-4-3-5-9-18/h3-14H,15H2,1-2H3,(H,25,28). The van der Waals surface area contributed by atoms with Gasteiger partial charge in [-0.3, -0.25) is 4.79 Å². The van der Waals surface area contributed by atoms with Gasteiger partial charge < -0.3 is 5.32 Å². The lowest BCUT2D eigenvalue weighted by molar-refractivity contribution is 0.0947. The van der Waals surface area contributed by atoms with Crippen molar-refractivity contribution in [2.24, 2.45) is 0 Å². The maximum Gasteiger partial charge on any atom is 0.270 e. The summed E-state index contributed by atoms with van der Waals surface area (Å²) in [5.74, 6) is 0.360. The molecule has 0 saturated heterocycles. The number of carbonyl (C=O) groups excluding carboxylic acids is 1. The lowest BCUT2D eigenvalue weighted by Gasteiger charge is -2.10. The highest BCUT2D eigenvalue weighted by Crippen LogP contribution is 2.23. The van der Waals surface area contributed by atoms with E-state index in [0.29, 0.717) is 18.1 Å². The number of fused-ring (bicyclic) bond motifs is 1. The van der Waals surface area contributed by atoms with Crippen molar-refractivity contribution in [1.82, 2.24) is 15.3 Å². The van der Waals surface area contributed by atoms with Gasteiger partial charge in [0.05, 0.1) is 5.52 Å². The van der Waals surface area contributed by atoms with Crippen LogP contribution in [0.1, 0.15) is 27.2 Å². The summed E-state index contributed by atoms with van der Waals surface area (Å²) >= 11 is 0. The molecule has 4 rings (SSSR count). The minimum absolute atomic E-state index is 0.201. The Kier molecular flexibility index (Phi) is 4.85. The Hall–Kier alpha value is -3.53. The van der Waals surface area contributed by atoms with E-state index in [-0.39, 0.29) is 5.91 Å². The van der Waals surface area contributed by atoms with Crippen LogP contribution in [-0.4, -0.2) is 15.9 Å². The Morgan fingerprint density at radius 3 is 2.39 bits per heavy atom. The van der Waals surface area contributed by atoms with Crippen LogP contribution >= 0.6 is 0 Å². The van der Waals surface area contributed by atoms with Gasteiger partial charge in [0.2, 0.25) is 0 Å². The highest BCUT2D eigenvalue weighted by atomic mass is 16.1. The van der Waals surface area contributed by atoms with Gasteiger partial charge in [0.15, 0.2) is 5.82 Å². The number of hydrogen-bond donors (Lipinski definition) is 1. The Morgan fingerprint density at radius 2 is 1.61 bits per heavy atom. The summed E-state index contributed by atoms with van der Waals surface area (Å²) in [5, 5.41) is 3.73. The van der Waals surface area contributed by atoms with Crippen molar-refractivity contribution in [3.8, 4) is 11.4 Å². The fourth-order valence-corrected chi connectivity index (χ4v) is 3.12. The van der Waals surface area contributed by atoms with Gasteiger partial charge in [-0.2, -0.15) is 0 Å². The second kappa shape index (κ2) is 7.61. The van der Waals surface area contributed by atoms with Crippen LogP contribution in [0.3, 0.4) is 0 Å². The number of aromatic nitrogens is 2. The van der Waals surface area contributed by atoms with E-state index in [0.717, 1.165) is 22.0 Å². The number of hydrogen-bond acceptors (Lipinski definition) is 3. The molecule has 0 radical (unpaired) electrons. The summed E-state index contributed by atoms with van der Waals surface area (Å²) < 4.78 is 0. The number of nitrogens with one attached hydrogen (secondary N) is 1. The smallest absolute Gasteiger partial charge is 0.270 e. The number of rotatable bonds is 4. The summed E-state index contributed by atoms with van der Waals surface area (Å²) in [6.07, 6.45) is 0. The zero-order valence-electron chi connectivity index (χ0n) is 15.9. The van der Waals surface area contributed by atoms with Crippen LogP contribution in [0, 0.1) is 13.8 Å². The minimum atomic E-state index is -0.201. The number of carbonyl (C=O) groups is 1. The Bertz CT molecular complexity index is 1150. The molecule has 138 valence electrons. The zero-order chi connectivity index (χ0) is 19.5. The normalized spacial score (nSPS) is 10.8. The molecule has 0 fully saturated rings. The number of amides is 1. The van der Waals surface area contributed by atoms with Gasteiger partial charge in [-0.1, -0.05) is 60.7 Å². The molecule has 1 N–H and O–H groups in total. The zero-order valence-corrected chi connectivity index (χ0v) is 15.9. The maximum atomic E-state index is 12.9. The third-order valence-electron chi connectivity index (χ3n) is 4.88. The molecule has 4 heteroatoms. The molecule has 4 aromatic rings. The van der Waals surface area contributed by atoms with Crippen LogP contribution in [0.15, 0.2) is 72.8 Å². The monoisotopic (exact) mass is 367 g/mol. The first-order chi connectivity index (χ1) is 13.6. The predicted octanol–water partition coefficient (Wildman–Crippen LogP) is 4.84. The summed E-state index contributed by atoms with van der Waals surface area (Å²) in [6, 6.07) is 23.6. The molecule has 0 spiro atoms. The van der Waals surface area contributed by atoms with Gasteiger partial charge in [0.25, 0.3) is 5.91 Å². The van der Waals surface area contributed by atoms with E-state index in [1.54, 1.807) is 0 Å². The van der Waals surface area contributed by atoms with E-state index >= 15 is 0 Å². The molecule has 3 aromatic carbocycles. The van der Waals surface area contributed by atoms with E-state index in [4.69, 9.17) is 0 Å². The van der Waals surface area contributed by atoms with Gasteiger partial charge in [0.1, 0.15) is 5.69 Å².